The molecule has 1 unspecified atom stereocenters. The first kappa shape index (κ1) is 17.7. The zero-order valence-corrected chi connectivity index (χ0v) is 12.3. The topological polar surface area (TPSA) is 30.7 Å². The summed E-state index contributed by atoms with van der Waals surface area (Å²) in [7, 11) is 0. The molecule has 1 rings (SSSR count). The first-order valence-electron chi connectivity index (χ1n) is 6.31. The van der Waals surface area contributed by atoms with Crippen molar-refractivity contribution in [3.63, 3.8) is 0 Å². The molecule has 0 heterocycles. The summed E-state index contributed by atoms with van der Waals surface area (Å²) in [5.74, 6) is -0.349. The number of esters is 1. The standard InChI is InChI=1S/C15H21NO2.ClH/c1-4-15(17)18-11-10-16(13(2)3)12-14-8-6-5-7-9-14;/h4-9,13H,1,10-12H2,2-3H3;1H. The second-order valence-electron chi connectivity index (χ2n) is 4.60. The molecule has 0 radical (unpaired) electrons. The third-order valence-corrected chi connectivity index (χ3v) is 2.92. The Balaban J connectivity index is 0.00000324. The maximum absolute atomic E-state index is 11.0. The first-order chi connectivity index (χ1) is 8.63. The van der Waals surface area contributed by atoms with Gasteiger partial charge in [-0.3, -0.25) is 0 Å². The van der Waals surface area contributed by atoms with Gasteiger partial charge in [-0.15, -0.1) is 0 Å². The minimum absolute atomic E-state index is 0. The smallest absolute Gasteiger partial charge is 0.330 e. The normalized spacial score (nSPS) is 11.5. The number of carbonyl (C=O) groups is 1. The van der Waals surface area contributed by atoms with Crippen LogP contribution in [0.25, 0.3) is 0 Å². The summed E-state index contributed by atoms with van der Waals surface area (Å²) in [5, 5.41) is 0. The SMILES string of the molecule is C=CC(=O)OCC[NH+](Cc1ccccc1)C(C)C.[Cl-]. The number of benzene rings is 1. The highest BCUT2D eigenvalue weighted by Crippen LogP contribution is 1.95. The van der Waals surface area contributed by atoms with E-state index in [1.807, 2.05) is 18.2 Å². The van der Waals surface area contributed by atoms with E-state index in [1.165, 1.54) is 16.5 Å². The van der Waals surface area contributed by atoms with E-state index in [9.17, 15) is 4.79 Å². The molecule has 0 aliphatic heterocycles. The highest BCUT2D eigenvalue weighted by Gasteiger charge is 2.14. The number of quaternary nitrogens is 1. The van der Waals surface area contributed by atoms with Crippen molar-refractivity contribution < 1.29 is 26.8 Å². The highest BCUT2D eigenvalue weighted by molar-refractivity contribution is 5.81. The van der Waals surface area contributed by atoms with Crippen molar-refractivity contribution in [2.45, 2.75) is 26.4 Å². The van der Waals surface area contributed by atoms with E-state index in [4.69, 9.17) is 4.74 Å². The van der Waals surface area contributed by atoms with E-state index < -0.39 is 0 Å². The molecule has 0 saturated carbocycles. The fraction of sp³-hybridized carbons (Fsp3) is 0.400. The third-order valence-electron chi connectivity index (χ3n) is 2.92. The van der Waals surface area contributed by atoms with Crippen molar-refractivity contribution in [3.8, 4) is 0 Å². The van der Waals surface area contributed by atoms with Gasteiger partial charge in [-0.05, 0) is 13.8 Å². The number of hydrogen-bond donors (Lipinski definition) is 1. The van der Waals surface area contributed by atoms with Crippen LogP contribution in [0.3, 0.4) is 0 Å². The molecule has 0 aliphatic carbocycles. The molecule has 0 saturated heterocycles. The van der Waals surface area contributed by atoms with Gasteiger partial charge in [-0.25, -0.2) is 4.79 Å². The zero-order valence-electron chi connectivity index (χ0n) is 11.6. The fourth-order valence-electron chi connectivity index (χ4n) is 1.78. The number of ether oxygens (including phenoxy) is 1. The van der Waals surface area contributed by atoms with Crippen LogP contribution < -0.4 is 17.3 Å². The summed E-state index contributed by atoms with van der Waals surface area (Å²) in [4.78, 5) is 12.4. The van der Waals surface area contributed by atoms with Crippen molar-refractivity contribution in [1.82, 2.24) is 0 Å². The minimum Gasteiger partial charge on any atom is -1.00 e. The Morgan fingerprint density at radius 1 is 1.37 bits per heavy atom. The van der Waals surface area contributed by atoms with Gasteiger partial charge in [0.25, 0.3) is 0 Å². The van der Waals surface area contributed by atoms with Gasteiger partial charge < -0.3 is 22.0 Å². The Hall–Kier alpha value is -1.32. The maximum atomic E-state index is 11.0. The van der Waals surface area contributed by atoms with Gasteiger partial charge in [0.05, 0.1) is 6.04 Å². The lowest BCUT2D eigenvalue weighted by Gasteiger charge is -2.23. The number of rotatable bonds is 7. The predicted molar refractivity (Wildman–Crippen MR) is 72.3 cm³/mol. The second-order valence-corrected chi connectivity index (χ2v) is 4.60. The van der Waals surface area contributed by atoms with E-state index in [2.05, 4.69) is 32.6 Å². The summed E-state index contributed by atoms with van der Waals surface area (Å²) >= 11 is 0. The lowest BCUT2D eigenvalue weighted by molar-refractivity contribution is -0.935. The van der Waals surface area contributed by atoms with Gasteiger partial charge >= 0.3 is 5.97 Å². The average Bonchev–Trinajstić information content (AvgIpc) is 2.38. The molecular weight excluding hydrogens is 262 g/mol. The Morgan fingerprint density at radius 3 is 2.53 bits per heavy atom. The fourth-order valence-corrected chi connectivity index (χ4v) is 1.78. The lowest BCUT2D eigenvalue weighted by Crippen LogP contribution is -3.14. The predicted octanol–water partition coefficient (Wildman–Crippen LogP) is -1.79. The zero-order chi connectivity index (χ0) is 13.4. The Bertz CT molecular complexity index is 379. The van der Waals surface area contributed by atoms with E-state index in [0.717, 1.165) is 13.1 Å². The third kappa shape index (κ3) is 6.99. The lowest BCUT2D eigenvalue weighted by atomic mass is 10.2. The van der Waals surface area contributed by atoms with Gasteiger partial charge in [0.15, 0.2) is 0 Å². The average molecular weight is 284 g/mol. The highest BCUT2D eigenvalue weighted by atomic mass is 35.5. The molecule has 1 aromatic rings. The van der Waals surface area contributed by atoms with Gasteiger partial charge in [-0.2, -0.15) is 0 Å². The summed E-state index contributed by atoms with van der Waals surface area (Å²) in [6, 6.07) is 10.9. The van der Waals surface area contributed by atoms with Crippen molar-refractivity contribution in [2.24, 2.45) is 0 Å². The van der Waals surface area contributed by atoms with Crippen LogP contribution >= 0.6 is 0 Å². The molecule has 1 aromatic carbocycles. The molecule has 106 valence electrons. The van der Waals surface area contributed by atoms with Crippen molar-refractivity contribution in [1.29, 1.82) is 0 Å². The molecule has 1 N–H and O–H groups in total. The van der Waals surface area contributed by atoms with E-state index >= 15 is 0 Å². The largest absolute Gasteiger partial charge is 1.00 e. The molecule has 3 nitrogen and oxygen atoms in total. The molecule has 0 bridgehead atoms. The van der Waals surface area contributed by atoms with Crippen LogP contribution in [-0.4, -0.2) is 25.2 Å². The van der Waals surface area contributed by atoms with Crippen molar-refractivity contribution in [3.05, 3.63) is 48.6 Å². The maximum Gasteiger partial charge on any atom is 0.330 e. The Kier molecular flexibility index (Phi) is 8.92. The van der Waals surface area contributed by atoms with Gasteiger partial charge in [0, 0.05) is 11.6 Å². The summed E-state index contributed by atoms with van der Waals surface area (Å²) in [6.45, 7) is 9.92. The second kappa shape index (κ2) is 9.59. The molecular formula is C15H22ClNO2. The Labute approximate surface area is 121 Å². The van der Waals surface area contributed by atoms with Crippen LogP contribution in [0.1, 0.15) is 19.4 Å². The number of nitrogens with one attached hydrogen (secondary N) is 1. The molecule has 0 aliphatic rings. The van der Waals surface area contributed by atoms with Gasteiger partial charge in [0.2, 0.25) is 0 Å². The van der Waals surface area contributed by atoms with Gasteiger partial charge in [0.1, 0.15) is 19.7 Å². The monoisotopic (exact) mass is 283 g/mol. The molecule has 19 heavy (non-hydrogen) atoms. The van der Waals surface area contributed by atoms with Crippen molar-refractivity contribution in [2.75, 3.05) is 13.2 Å². The van der Waals surface area contributed by atoms with Crippen LogP contribution in [0, 0.1) is 0 Å². The van der Waals surface area contributed by atoms with E-state index in [1.54, 1.807) is 0 Å². The Morgan fingerprint density at radius 2 is 2.00 bits per heavy atom. The molecule has 1 atom stereocenters. The summed E-state index contributed by atoms with van der Waals surface area (Å²) in [5.41, 5.74) is 1.30. The quantitative estimate of drug-likeness (QED) is 0.474. The summed E-state index contributed by atoms with van der Waals surface area (Å²) < 4.78 is 5.03. The molecule has 4 heteroatoms. The molecule has 0 aromatic heterocycles. The number of halogens is 1. The van der Waals surface area contributed by atoms with Crippen LogP contribution in [0.5, 0.6) is 0 Å². The van der Waals surface area contributed by atoms with E-state index in [-0.39, 0.29) is 18.4 Å². The molecule has 0 amide bonds. The number of carbonyl (C=O) groups excluding carboxylic acids is 1. The molecule has 0 fully saturated rings. The van der Waals surface area contributed by atoms with Crippen LogP contribution in [0.2, 0.25) is 0 Å². The van der Waals surface area contributed by atoms with Crippen LogP contribution in [-0.2, 0) is 16.1 Å². The van der Waals surface area contributed by atoms with Crippen LogP contribution in [0.15, 0.2) is 43.0 Å². The first-order valence-corrected chi connectivity index (χ1v) is 6.31. The van der Waals surface area contributed by atoms with Crippen molar-refractivity contribution >= 4 is 5.97 Å². The van der Waals surface area contributed by atoms with Crippen LogP contribution in [0.4, 0.5) is 0 Å². The molecule has 0 spiro atoms. The summed E-state index contributed by atoms with van der Waals surface area (Å²) in [6.07, 6.45) is 1.20. The van der Waals surface area contributed by atoms with E-state index in [0.29, 0.717) is 12.6 Å². The number of hydrogen-bond acceptors (Lipinski definition) is 2. The van der Waals surface area contributed by atoms with Gasteiger partial charge in [-0.1, -0.05) is 36.9 Å². The minimum atomic E-state index is -0.349.